The lowest BCUT2D eigenvalue weighted by Crippen LogP contribution is -2.31. The highest BCUT2D eigenvalue weighted by molar-refractivity contribution is 5.58. The quantitative estimate of drug-likeness (QED) is 0.689. The van der Waals surface area contributed by atoms with Crippen molar-refractivity contribution in [3.05, 3.63) is 42.5 Å². The van der Waals surface area contributed by atoms with Gasteiger partial charge in [-0.1, -0.05) is 24.8 Å². The average Bonchev–Trinajstić information content (AvgIpc) is 2.60. The zero-order valence-electron chi connectivity index (χ0n) is 7.48. The minimum Gasteiger partial charge on any atom is -0.370 e. The number of benzene rings is 1. The maximum atomic E-state index is 9.61. The summed E-state index contributed by atoms with van der Waals surface area (Å²) in [4.78, 5) is 1.96. The summed E-state index contributed by atoms with van der Waals surface area (Å²) in [6.45, 7) is 4.47. The van der Waals surface area contributed by atoms with Gasteiger partial charge in [-0.2, -0.15) is 0 Å². The van der Waals surface area contributed by atoms with E-state index >= 15 is 0 Å². The Morgan fingerprint density at radius 2 is 2.23 bits per heavy atom. The van der Waals surface area contributed by atoms with Crippen LogP contribution in [0.5, 0.6) is 0 Å². The molecule has 1 aliphatic heterocycles. The number of hydrogen-bond donors (Lipinski definition) is 1. The molecule has 1 aliphatic rings. The lowest BCUT2D eigenvalue weighted by atomic mass is 10.2. The second kappa shape index (κ2) is 3.23. The molecule has 1 aromatic rings. The van der Waals surface area contributed by atoms with Gasteiger partial charge < -0.3 is 10.0 Å². The first-order chi connectivity index (χ1) is 6.33. The maximum absolute atomic E-state index is 9.61. The molecule has 2 heteroatoms. The van der Waals surface area contributed by atoms with Gasteiger partial charge in [-0.3, -0.25) is 0 Å². The fourth-order valence-corrected chi connectivity index (χ4v) is 1.77. The van der Waals surface area contributed by atoms with Crippen molar-refractivity contribution in [2.24, 2.45) is 0 Å². The van der Waals surface area contributed by atoms with Crippen LogP contribution < -0.4 is 4.90 Å². The van der Waals surface area contributed by atoms with Crippen LogP contribution in [0.1, 0.15) is 5.56 Å². The molecule has 0 aromatic heterocycles. The third-order valence-electron chi connectivity index (χ3n) is 2.45. The van der Waals surface area contributed by atoms with Gasteiger partial charge in [0.1, 0.15) is 6.23 Å². The van der Waals surface area contributed by atoms with Crippen molar-refractivity contribution in [2.45, 2.75) is 12.6 Å². The van der Waals surface area contributed by atoms with Gasteiger partial charge >= 0.3 is 0 Å². The summed E-state index contributed by atoms with van der Waals surface area (Å²) in [6, 6.07) is 8.16. The topological polar surface area (TPSA) is 23.5 Å². The fraction of sp³-hybridized carbons (Fsp3) is 0.273. The van der Waals surface area contributed by atoms with Gasteiger partial charge in [-0.05, 0) is 24.1 Å². The summed E-state index contributed by atoms with van der Waals surface area (Å²) in [5, 5.41) is 9.61. The summed E-state index contributed by atoms with van der Waals surface area (Å²) in [5.74, 6) is 0. The molecule has 1 heterocycles. The summed E-state index contributed by atoms with van der Waals surface area (Å²) < 4.78 is 0. The van der Waals surface area contributed by atoms with E-state index in [1.54, 1.807) is 6.08 Å². The van der Waals surface area contributed by atoms with Crippen LogP contribution in [0.4, 0.5) is 5.69 Å². The molecular formula is C11H13NO. The van der Waals surface area contributed by atoms with Crippen molar-refractivity contribution >= 4 is 5.69 Å². The Hall–Kier alpha value is -1.28. The molecule has 2 nitrogen and oxygen atoms in total. The molecule has 0 bridgehead atoms. The zero-order chi connectivity index (χ0) is 9.26. The van der Waals surface area contributed by atoms with Gasteiger partial charge in [0.2, 0.25) is 0 Å². The number of hydrogen-bond acceptors (Lipinski definition) is 2. The number of anilines is 1. The van der Waals surface area contributed by atoms with E-state index in [1.807, 2.05) is 23.1 Å². The molecule has 0 spiro atoms. The van der Waals surface area contributed by atoms with Crippen molar-refractivity contribution in [1.82, 2.24) is 0 Å². The van der Waals surface area contributed by atoms with Gasteiger partial charge in [0.25, 0.3) is 0 Å². The predicted octanol–water partition coefficient (Wildman–Crippen LogP) is 1.55. The minimum absolute atomic E-state index is 0.552. The third kappa shape index (κ3) is 1.33. The Labute approximate surface area is 78.1 Å². The Bertz CT molecular complexity index is 322. The van der Waals surface area contributed by atoms with Crippen molar-refractivity contribution in [3.63, 3.8) is 0 Å². The molecule has 68 valence electrons. The van der Waals surface area contributed by atoms with Crippen LogP contribution in [0.2, 0.25) is 0 Å². The first-order valence-corrected chi connectivity index (χ1v) is 4.48. The monoisotopic (exact) mass is 175 g/mol. The second-order valence-electron chi connectivity index (χ2n) is 3.22. The Kier molecular flexibility index (Phi) is 2.07. The lowest BCUT2D eigenvalue weighted by Gasteiger charge is -2.22. The van der Waals surface area contributed by atoms with E-state index in [4.69, 9.17) is 0 Å². The molecule has 0 saturated heterocycles. The molecule has 13 heavy (non-hydrogen) atoms. The number of para-hydroxylation sites is 1. The zero-order valence-corrected chi connectivity index (χ0v) is 7.48. The SMILES string of the molecule is C=CC(O)N1CCc2ccccc21. The van der Waals surface area contributed by atoms with Crippen LogP contribution >= 0.6 is 0 Å². The minimum atomic E-state index is -0.552. The van der Waals surface area contributed by atoms with Crippen LogP contribution in [-0.4, -0.2) is 17.9 Å². The van der Waals surface area contributed by atoms with Crippen LogP contribution in [-0.2, 0) is 6.42 Å². The Morgan fingerprint density at radius 1 is 1.46 bits per heavy atom. The van der Waals surface area contributed by atoms with Crippen LogP contribution in [0.25, 0.3) is 0 Å². The van der Waals surface area contributed by atoms with Gasteiger partial charge in [0.05, 0.1) is 0 Å². The van der Waals surface area contributed by atoms with E-state index < -0.39 is 6.23 Å². The molecular weight excluding hydrogens is 162 g/mol. The maximum Gasteiger partial charge on any atom is 0.145 e. The van der Waals surface area contributed by atoms with E-state index in [0.717, 1.165) is 18.7 Å². The normalized spacial score (nSPS) is 16.8. The van der Waals surface area contributed by atoms with Crippen molar-refractivity contribution in [2.75, 3.05) is 11.4 Å². The number of aliphatic hydroxyl groups excluding tert-OH is 1. The summed E-state index contributed by atoms with van der Waals surface area (Å²) in [7, 11) is 0. The summed E-state index contributed by atoms with van der Waals surface area (Å²) in [6.07, 6.45) is 2.02. The highest BCUT2D eigenvalue weighted by Gasteiger charge is 2.21. The van der Waals surface area contributed by atoms with E-state index in [-0.39, 0.29) is 0 Å². The number of aliphatic hydroxyl groups is 1. The summed E-state index contributed by atoms with van der Waals surface area (Å²) >= 11 is 0. The number of fused-ring (bicyclic) bond motifs is 1. The molecule has 0 saturated carbocycles. The van der Waals surface area contributed by atoms with Crippen molar-refractivity contribution in [3.8, 4) is 0 Å². The van der Waals surface area contributed by atoms with Crippen molar-refractivity contribution < 1.29 is 5.11 Å². The largest absolute Gasteiger partial charge is 0.370 e. The van der Waals surface area contributed by atoms with Crippen LogP contribution in [0.3, 0.4) is 0 Å². The van der Waals surface area contributed by atoms with Crippen LogP contribution in [0.15, 0.2) is 36.9 Å². The molecule has 1 unspecified atom stereocenters. The fourth-order valence-electron chi connectivity index (χ4n) is 1.77. The molecule has 1 atom stereocenters. The van der Waals surface area contributed by atoms with Gasteiger partial charge in [-0.25, -0.2) is 0 Å². The Balaban J connectivity index is 2.33. The van der Waals surface area contributed by atoms with E-state index in [9.17, 15) is 5.11 Å². The van der Waals surface area contributed by atoms with Crippen molar-refractivity contribution in [1.29, 1.82) is 0 Å². The standard InChI is InChI=1S/C11H13NO/c1-2-11(13)12-8-7-9-5-3-4-6-10(9)12/h2-6,11,13H,1,7-8H2. The molecule has 2 rings (SSSR count). The number of rotatable bonds is 2. The first kappa shape index (κ1) is 8.32. The first-order valence-electron chi connectivity index (χ1n) is 4.48. The average molecular weight is 175 g/mol. The summed E-state index contributed by atoms with van der Waals surface area (Å²) in [5.41, 5.74) is 2.44. The highest BCUT2D eigenvalue weighted by Crippen LogP contribution is 2.28. The smallest absolute Gasteiger partial charge is 0.145 e. The van der Waals surface area contributed by atoms with Gasteiger partial charge in [0, 0.05) is 12.2 Å². The predicted molar refractivity (Wildman–Crippen MR) is 53.7 cm³/mol. The van der Waals surface area contributed by atoms with Gasteiger partial charge in [-0.15, -0.1) is 0 Å². The molecule has 0 radical (unpaired) electrons. The molecule has 1 aromatic carbocycles. The van der Waals surface area contributed by atoms with E-state index in [0.29, 0.717) is 0 Å². The molecule has 1 N–H and O–H groups in total. The molecule has 0 fully saturated rings. The van der Waals surface area contributed by atoms with E-state index in [1.165, 1.54) is 5.56 Å². The number of nitrogens with zero attached hydrogens (tertiary/aromatic N) is 1. The molecule has 0 aliphatic carbocycles. The lowest BCUT2D eigenvalue weighted by molar-refractivity contribution is 0.219. The second-order valence-corrected chi connectivity index (χ2v) is 3.22. The highest BCUT2D eigenvalue weighted by atomic mass is 16.3. The van der Waals surface area contributed by atoms with E-state index in [2.05, 4.69) is 12.6 Å². The molecule has 0 amide bonds. The van der Waals surface area contributed by atoms with Gasteiger partial charge in [0.15, 0.2) is 0 Å². The van der Waals surface area contributed by atoms with Crippen LogP contribution in [0, 0.1) is 0 Å². The third-order valence-corrected chi connectivity index (χ3v) is 2.45. The Morgan fingerprint density at radius 3 is 3.00 bits per heavy atom.